The Bertz CT molecular complexity index is 1450. The molecule has 0 aliphatic rings. The van der Waals surface area contributed by atoms with Gasteiger partial charge in [0.15, 0.2) is 0 Å². The Morgan fingerprint density at radius 2 is 1.00 bits per heavy atom. The highest BCUT2D eigenvalue weighted by molar-refractivity contribution is 5.92. The lowest BCUT2D eigenvalue weighted by Crippen LogP contribution is -2.09. The first-order chi connectivity index (χ1) is 17.7. The van der Waals surface area contributed by atoms with E-state index in [0.29, 0.717) is 5.56 Å². The van der Waals surface area contributed by atoms with Crippen molar-refractivity contribution < 1.29 is 4.79 Å². The van der Waals surface area contributed by atoms with Gasteiger partial charge in [0.05, 0.1) is 0 Å². The molecule has 0 aliphatic heterocycles. The Balaban J connectivity index is 1.54. The molecule has 2 heteroatoms. The van der Waals surface area contributed by atoms with E-state index in [-0.39, 0.29) is 0 Å². The number of carbonyl (C=O) groups excluding carboxylic acids is 1. The van der Waals surface area contributed by atoms with Crippen molar-refractivity contribution in [1.82, 2.24) is 0 Å². The number of nitrogens with zero attached hydrogens (tertiary/aromatic N) is 1. The minimum atomic E-state index is 0.664. The van der Waals surface area contributed by atoms with E-state index in [2.05, 4.69) is 103 Å². The molecule has 0 fully saturated rings. The van der Waals surface area contributed by atoms with Crippen LogP contribution in [0.2, 0.25) is 0 Å². The summed E-state index contributed by atoms with van der Waals surface area (Å²) in [6, 6.07) is 45.7. The first kappa shape index (κ1) is 23.1. The van der Waals surface area contributed by atoms with E-state index < -0.39 is 0 Å². The second-order valence-electron chi connectivity index (χ2n) is 8.76. The summed E-state index contributed by atoms with van der Waals surface area (Å²) < 4.78 is 0. The van der Waals surface area contributed by atoms with Crippen molar-refractivity contribution in [3.05, 3.63) is 161 Å². The fourth-order valence-electron chi connectivity index (χ4n) is 4.30. The second kappa shape index (κ2) is 10.7. The van der Waals surface area contributed by atoms with Crippen LogP contribution in [0.3, 0.4) is 0 Å². The number of hydrogen-bond acceptors (Lipinski definition) is 2. The van der Waals surface area contributed by atoms with Crippen LogP contribution in [0.1, 0.15) is 32.6 Å². The quantitative estimate of drug-likeness (QED) is 0.177. The van der Waals surface area contributed by atoms with Gasteiger partial charge in [-0.25, -0.2) is 0 Å². The molecule has 5 aromatic carbocycles. The van der Waals surface area contributed by atoms with E-state index in [9.17, 15) is 4.79 Å². The molecule has 2 nitrogen and oxygen atoms in total. The molecule has 0 saturated heterocycles. The third kappa shape index (κ3) is 5.18. The largest absolute Gasteiger partial charge is 0.311 e. The summed E-state index contributed by atoms with van der Waals surface area (Å²) in [6.45, 7) is 2.11. The monoisotopic (exact) mass is 465 g/mol. The SMILES string of the molecule is Cc1ccc(C(=Cc2ccc(N(c3ccccc3)c3ccc(C=O)cc3)cc2)c2ccccc2)cc1. The van der Waals surface area contributed by atoms with E-state index >= 15 is 0 Å². The minimum absolute atomic E-state index is 0.664. The van der Waals surface area contributed by atoms with Gasteiger partial charge in [0, 0.05) is 22.6 Å². The third-order valence-electron chi connectivity index (χ3n) is 6.21. The Hall–Kier alpha value is -4.69. The molecule has 0 atom stereocenters. The van der Waals surface area contributed by atoms with Crippen molar-refractivity contribution in [2.24, 2.45) is 0 Å². The van der Waals surface area contributed by atoms with Gasteiger partial charge in [0.2, 0.25) is 0 Å². The molecule has 36 heavy (non-hydrogen) atoms. The number of anilines is 3. The van der Waals surface area contributed by atoms with Crippen LogP contribution in [0.25, 0.3) is 11.6 Å². The van der Waals surface area contributed by atoms with Gasteiger partial charge in [0.1, 0.15) is 6.29 Å². The highest BCUT2D eigenvalue weighted by Crippen LogP contribution is 2.35. The van der Waals surface area contributed by atoms with E-state index in [4.69, 9.17) is 0 Å². The maximum Gasteiger partial charge on any atom is 0.150 e. The zero-order chi connectivity index (χ0) is 24.7. The molecular weight excluding hydrogens is 438 g/mol. The van der Waals surface area contributed by atoms with Crippen LogP contribution < -0.4 is 4.90 Å². The van der Waals surface area contributed by atoms with Crippen LogP contribution in [0, 0.1) is 6.92 Å². The lowest BCUT2D eigenvalue weighted by molar-refractivity contribution is 0.112. The van der Waals surface area contributed by atoms with Crippen LogP contribution in [0.4, 0.5) is 17.1 Å². The van der Waals surface area contributed by atoms with Crippen molar-refractivity contribution in [1.29, 1.82) is 0 Å². The minimum Gasteiger partial charge on any atom is -0.311 e. The van der Waals surface area contributed by atoms with Gasteiger partial charge < -0.3 is 4.90 Å². The summed E-state index contributed by atoms with van der Waals surface area (Å²) >= 11 is 0. The number of aldehydes is 1. The van der Waals surface area contributed by atoms with Crippen molar-refractivity contribution in [2.45, 2.75) is 6.92 Å². The molecule has 0 radical (unpaired) electrons. The fourth-order valence-corrected chi connectivity index (χ4v) is 4.30. The smallest absolute Gasteiger partial charge is 0.150 e. The van der Waals surface area contributed by atoms with Gasteiger partial charge in [-0.2, -0.15) is 0 Å². The number of hydrogen-bond donors (Lipinski definition) is 0. The Labute approximate surface area is 212 Å². The van der Waals surface area contributed by atoms with Gasteiger partial charge in [-0.05, 0) is 83.8 Å². The lowest BCUT2D eigenvalue weighted by atomic mass is 9.95. The molecule has 5 rings (SSSR count). The summed E-state index contributed by atoms with van der Waals surface area (Å²) in [5.74, 6) is 0. The molecule has 0 saturated carbocycles. The zero-order valence-electron chi connectivity index (χ0n) is 20.2. The van der Waals surface area contributed by atoms with E-state index in [1.807, 2.05) is 48.5 Å². The Morgan fingerprint density at radius 1 is 0.528 bits per heavy atom. The first-order valence-corrected chi connectivity index (χ1v) is 12.1. The summed E-state index contributed by atoms with van der Waals surface area (Å²) in [4.78, 5) is 13.4. The molecule has 0 aliphatic carbocycles. The topological polar surface area (TPSA) is 20.3 Å². The van der Waals surface area contributed by atoms with E-state index in [0.717, 1.165) is 28.9 Å². The molecule has 0 spiro atoms. The molecule has 0 amide bonds. The predicted octanol–water partition coefficient (Wildman–Crippen LogP) is 8.87. The molecule has 0 unspecified atom stereocenters. The normalized spacial score (nSPS) is 11.2. The van der Waals surface area contributed by atoms with Gasteiger partial charge >= 0.3 is 0 Å². The lowest BCUT2D eigenvalue weighted by Gasteiger charge is -2.25. The van der Waals surface area contributed by atoms with Crippen LogP contribution >= 0.6 is 0 Å². The van der Waals surface area contributed by atoms with Crippen LogP contribution in [-0.4, -0.2) is 6.29 Å². The first-order valence-electron chi connectivity index (χ1n) is 12.1. The van der Waals surface area contributed by atoms with Crippen molar-refractivity contribution in [2.75, 3.05) is 4.90 Å². The molecule has 0 bridgehead atoms. The maximum atomic E-state index is 11.2. The Morgan fingerprint density at radius 3 is 1.56 bits per heavy atom. The van der Waals surface area contributed by atoms with Gasteiger partial charge in [-0.3, -0.25) is 4.79 Å². The molecule has 5 aromatic rings. The summed E-state index contributed by atoms with van der Waals surface area (Å²) in [5.41, 5.74) is 9.71. The molecular formula is C34H27NO. The Kier molecular flexibility index (Phi) is 6.86. The second-order valence-corrected chi connectivity index (χ2v) is 8.76. The summed E-state index contributed by atoms with van der Waals surface area (Å²) in [5, 5.41) is 0. The van der Waals surface area contributed by atoms with Crippen LogP contribution in [0.15, 0.2) is 133 Å². The van der Waals surface area contributed by atoms with Gasteiger partial charge in [-0.15, -0.1) is 0 Å². The highest BCUT2D eigenvalue weighted by Gasteiger charge is 2.12. The highest BCUT2D eigenvalue weighted by atomic mass is 16.1. The van der Waals surface area contributed by atoms with Gasteiger partial charge in [0.25, 0.3) is 0 Å². The van der Waals surface area contributed by atoms with Gasteiger partial charge in [-0.1, -0.05) is 90.5 Å². The van der Waals surface area contributed by atoms with Crippen molar-refractivity contribution >= 4 is 35.0 Å². The van der Waals surface area contributed by atoms with Crippen LogP contribution in [0.5, 0.6) is 0 Å². The van der Waals surface area contributed by atoms with Crippen molar-refractivity contribution in [3.8, 4) is 0 Å². The number of aryl methyl sites for hydroxylation is 1. The van der Waals surface area contributed by atoms with Crippen molar-refractivity contribution in [3.63, 3.8) is 0 Å². The van der Waals surface area contributed by atoms with Crippen LogP contribution in [-0.2, 0) is 0 Å². The predicted molar refractivity (Wildman–Crippen MR) is 151 cm³/mol. The third-order valence-corrected chi connectivity index (χ3v) is 6.21. The average molecular weight is 466 g/mol. The number of carbonyl (C=O) groups is 1. The molecule has 0 N–H and O–H groups in total. The van der Waals surface area contributed by atoms with E-state index in [1.165, 1.54) is 22.3 Å². The maximum absolute atomic E-state index is 11.2. The standard InChI is InChI=1S/C34H27NO/c1-26-12-18-30(19-13-26)34(29-8-4-2-5-9-29)24-27-14-20-32(21-15-27)35(31-10-6-3-7-11-31)33-22-16-28(25-36)17-23-33/h2-25H,1H3. The number of benzene rings is 5. The summed E-state index contributed by atoms with van der Waals surface area (Å²) in [6.07, 6.45) is 3.12. The summed E-state index contributed by atoms with van der Waals surface area (Å²) in [7, 11) is 0. The molecule has 0 aromatic heterocycles. The van der Waals surface area contributed by atoms with E-state index in [1.54, 1.807) is 0 Å². The molecule has 174 valence electrons. The number of rotatable bonds is 7. The number of para-hydroxylation sites is 1. The average Bonchev–Trinajstić information content (AvgIpc) is 2.95. The fraction of sp³-hybridized carbons (Fsp3) is 0.0294. The molecule has 0 heterocycles. The zero-order valence-corrected chi connectivity index (χ0v) is 20.2.